The third kappa shape index (κ3) is 9.78. The van der Waals surface area contributed by atoms with Gasteiger partial charge in [0.15, 0.2) is 0 Å². The molecule has 3 nitrogen and oxygen atoms in total. The number of hydrogen-bond donors (Lipinski definition) is 0. The molecule has 3 heteroatoms. The first-order valence-corrected chi connectivity index (χ1v) is 46.6. The van der Waals surface area contributed by atoms with Crippen LogP contribution in [0.25, 0.3) is 220 Å². The molecule has 23 aromatic carbocycles. The lowest BCUT2D eigenvalue weighted by atomic mass is 9.70. The SMILES string of the molecule is c1ccc2c(c1)-c1ccccc1C21c2ccccc2-c2cc3c(cc21)oc1ccc(-c2cc4ccccc4c4ccccc24)cc13.c1ccc2c(c1)-c1ccccc1C21c2ccccc2-c2cc3c(cc21)oc1ccc(-c2ccc4ccccc4c2)cc13.c1ccc2c(c1)-c1ccccc1C21c2ccccc2-c2cc3c(cc21)oc1cccc(-c2cc4ccccc4c4ccccc24)c13. The summed E-state index contributed by atoms with van der Waals surface area (Å²) in [5.74, 6) is 0. The molecule has 3 aromatic heterocycles. The van der Waals surface area contributed by atoms with E-state index in [2.05, 4.69) is 461 Å². The quantitative estimate of drug-likeness (QED) is 0.166. The number of hydrogen-bond acceptors (Lipinski definition) is 3. The van der Waals surface area contributed by atoms with Crippen molar-refractivity contribution in [2.45, 2.75) is 16.2 Å². The van der Waals surface area contributed by atoms with Gasteiger partial charge >= 0.3 is 0 Å². The zero-order valence-electron chi connectivity index (χ0n) is 72.6. The van der Waals surface area contributed by atoms with E-state index in [1.807, 2.05) is 0 Å². The summed E-state index contributed by atoms with van der Waals surface area (Å²) in [4.78, 5) is 0. The summed E-state index contributed by atoms with van der Waals surface area (Å²) in [6, 6.07) is 170. The average Bonchev–Trinajstić information content (AvgIpc) is 1.51. The molecule has 618 valence electrons. The second-order valence-electron chi connectivity index (χ2n) is 37.2. The van der Waals surface area contributed by atoms with E-state index in [9.17, 15) is 0 Å². The number of fused-ring (bicyclic) bond motifs is 46. The smallest absolute Gasteiger partial charge is 0.136 e. The summed E-state index contributed by atoms with van der Waals surface area (Å²) < 4.78 is 20.1. The van der Waals surface area contributed by atoms with Crippen molar-refractivity contribution in [2.75, 3.05) is 0 Å². The van der Waals surface area contributed by atoms with E-state index in [-0.39, 0.29) is 16.2 Å². The minimum atomic E-state index is -0.385. The van der Waals surface area contributed by atoms with E-state index >= 15 is 0 Å². The van der Waals surface area contributed by atoms with Crippen LogP contribution in [-0.4, -0.2) is 0 Å². The Bertz CT molecular complexity index is 9560. The van der Waals surface area contributed by atoms with Crippen LogP contribution < -0.4 is 0 Å². The van der Waals surface area contributed by atoms with Gasteiger partial charge in [0, 0.05) is 32.3 Å². The van der Waals surface area contributed by atoms with Crippen LogP contribution in [0.5, 0.6) is 0 Å². The number of rotatable bonds is 3. The molecule has 3 heterocycles. The molecule has 0 fully saturated rings. The number of benzene rings is 23. The largest absolute Gasteiger partial charge is 0.456 e. The van der Waals surface area contributed by atoms with E-state index in [0.29, 0.717) is 0 Å². The minimum absolute atomic E-state index is 0.359. The molecule has 6 aliphatic carbocycles. The molecule has 134 heavy (non-hydrogen) atoms. The number of furan rings is 3. The van der Waals surface area contributed by atoms with Crippen molar-refractivity contribution in [3.05, 3.63) is 528 Å². The first-order valence-electron chi connectivity index (χ1n) is 46.6. The van der Waals surface area contributed by atoms with Gasteiger partial charge in [-0.1, -0.05) is 376 Å². The summed E-state index contributed by atoms with van der Waals surface area (Å²) in [7, 11) is 0. The average molecular weight is 1700 g/mol. The fraction of sp³-hybridized carbons (Fsp3) is 0.0229. The van der Waals surface area contributed by atoms with Crippen LogP contribution in [0.2, 0.25) is 0 Å². The Hall–Kier alpha value is -17.2. The lowest BCUT2D eigenvalue weighted by molar-refractivity contribution is 0.666. The van der Waals surface area contributed by atoms with Crippen molar-refractivity contribution in [3.63, 3.8) is 0 Å². The van der Waals surface area contributed by atoms with Gasteiger partial charge in [-0.2, -0.15) is 0 Å². The van der Waals surface area contributed by atoms with E-state index in [0.717, 1.165) is 60.4 Å². The predicted molar refractivity (Wildman–Crippen MR) is 554 cm³/mol. The Kier molecular flexibility index (Phi) is 15.1. The van der Waals surface area contributed by atoms with Gasteiger partial charge in [0.25, 0.3) is 0 Å². The van der Waals surface area contributed by atoms with Crippen molar-refractivity contribution in [1.29, 1.82) is 0 Å². The Balaban J connectivity index is 0.0000000961. The van der Waals surface area contributed by atoms with Crippen LogP contribution >= 0.6 is 0 Å². The lowest BCUT2D eigenvalue weighted by Gasteiger charge is -2.30. The van der Waals surface area contributed by atoms with Gasteiger partial charge in [0.1, 0.15) is 33.5 Å². The highest BCUT2D eigenvalue weighted by atomic mass is 16.3. The monoisotopic (exact) mass is 1700 g/mol. The molecule has 0 N–H and O–H groups in total. The normalized spacial score (nSPS) is 13.9. The lowest BCUT2D eigenvalue weighted by Crippen LogP contribution is -2.25. The first-order chi connectivity index (χ1) is 66.4. The van der Waals surface area contributed by atoms with Gasteiger partial charge in [0.2, 0.25) is 0 Å². The van der Waals surface area contributed by atoms with Crippen molar-refractivity contribution >= 4 is 120 Å². The molecule has 0 saturated carbocycles. The topological polar surface area (TPSA) is 39.4 Å². The molecule has 3 spiro atoms. The summed E-state index contributed by atoms with van der Waals surface area (Å²) >= 11 is 0. The standard InChI is InChI=1S/2C45H26O.C41H24O/c1-2-13-28-27(12-1)24-35(30-15-4-3-14-29(28)30)34-19-11-23-42-44(34)37-25-36-33-18-7-10-22-40(33)45(41(36)26-43(37)46-42)38-20-8-5-16-31(38)32-17-6-9-21-39(32)45;1-2-12-29-27(11-1)23-35(31-14-4-3-13-30(29)31)28-21-22-43-37(24-28)38-25-36-34-17-7-10-20-41(34)45(42(36)26-44(38)46-43)39-18-8-5-15-32(39)33-16-6-9-19-40(33)45;1-2-10-26-21-27(18-17-25(26)9-1)28-19-20-39-33(22-28)34-23-32-31-13-5-8-16-37(31)41(38(32)24-40(34)42-39)35-14-6-3-11-29(35)30-12-4-7-15-36(30)41/h2*1-26H;1-24H. The van der Waals surface area contributed by atoms with E-state index < -0.39 is 0 Å². The minimum Gasteiger partial charge on any atom is -0.456 e. The van der Waals surface area contributed by atoms with E-state index in [1.54, 1.807) is 0 Å². The van der Waals surface area contributed by atoms with Crippen molar-refractivity contribution in [2.24, 2.45) is 0 Å². The maximum Gasteiger partial charge on any atom is 0.136 e. The Labute approximate surface area is 771 Å². The van der Waals surface area contributed by atoms with Gasteiger partial charge in [-0.25, -0.2) is 0 Å². The highest BCUT2D eigenvalue weighted by molar-refractivity contribution is 6.22. The van der Waals surface area contributed by atoms with Gasteiger partial charge in [-0.3, -0.25) is 0 Å². The van der Waals surface area contributed by atoms with Gasteiger partial charge in [0.05, 0.1) is 16.2 Å². The maximum absolute atomic E-state index is 6.82. The molecule has 0 saturated heterocycles. The van der Waals surface area contributed by atoms with Crippen molar-refractivity contribution < 1.29 is 13.3 Å². The molecule has 0 atom stereocenters. The summed E-state index contributed by atoms with van der Waals surface area (Å²) in [5.41, 5.74) is 43.5. The predicted octanol–water partition coefficient (Wildman–Crippen LogP) is 34.6. The van der Waals surface area contributed by atoms with Crippen LogP contribution in [0.1, 0.15) is 66.8 Å². The Morgan fingerprint density at radius 1 is 0.119 bits per heavy atom. The molecule has 0 aliphatic heterocycles. The molecule has 0 unspecified atom stereocenters. The fourth-order valence-electron chi connectivity index (χ4n) is 25.6. The molecule has 6 aliphatic rings. The second-order valence-corrected chi connectivity index (χ2v) is 37.2. The molecule has 0 bridgehead atoms. The zero-order chi connectivity index (χ0) is 87.4. The third-order valence-electron chi connectivity index (χ3n) is 31.0. The van der Waals surface area contributed by atoms with Crippen molar-refractivity contribution in [1.82, 2.24) is 0 Å². The van der Waals surface area contributed by atoms with Gasteiger partial charge in [-0.15, -0.1) is 0 Å². The second kappa shape index (κ2) is 27.4. The molecule has 26 aromatic rings. The molecular weight excluding hydrogens is 1620 g/mol. The molecule has 0 radical (unpaired) electrons. The van der Waals surface area contributed by atoms with Crippen LogP contribution in [0, 0.1) is 0 Å². The fourth-order valence-corrected chi connectivity index (χ4v) is 25.6. The van der Waals surface area contributed by atoms with Gasteiger partial charge < -0.3 is 13.3 Å². The summed E-state index contributed by atoms with van der Waals surface area (Å²) in [6.45, 7) is 0. The summed E-state index contributed by atoms with van der Waals surface area (Å²) in [6.07, 6.45) is 0. The summed E-state index contributed by atoms with van der Waals surface area (Å²) in [5, 5.41) is 19.6. The van der Waals surface area contributed by atoms with Crippen LogP contribution in [0.4, 0.5) is 0 Å². The van der Waals surface area contributed by atoms with Crippen LogP contribution in [-0.2, 0) is 16.2 Å². The first kappa shape index (κ1) is 73.6. The molecular formula is C131H76O3. The van der Waals surface area contributed by atoms with Gasteiger partial charge in [-0.05, 0) is 306 Å². The van der Waals surface area contributed by atoms with E-state index in [1.165, 1.54) is 226 Å². The Morgan fingerprint density at radius 2 is 0.403 bits per heavy atom. The maximum atomic E-state index is 6.82. The highest BCUT2D eigenvalue weighted by Crippen LogP contribution is 2.68. The van der Waals surface area contributed by atoms with Crippen LogP contribution in [0.3, 0.4) is 0 Å². The third-order valence-corrected chi connectivity index (χ3v) is 31.0. The highest BCUT2D eigenvalue weighted by Gasteiger charge is 2.55. The molecule has 32 rings (SSSR count). The van der Waals surface area contributed by atoms with E-state index in [4.69, 9.17) is 13.3 Å². The Morgan fingerprint density at radius 3 is 0.828 bits per heavy atom. The zero-order valence-corrected chi connectivity index (χ0v) is 72.6. The van der Waals surface area contributed by atoms with Crippen LogP contribution in [0.15, 0.2) is 474 Å². The van der Waals surface area contributed by atoms with Crippen molar-refractivity contribution in [3.8, 4) is 100 Å². The molecule has 0 amide bonds.